The van der Waals surface area contributed by atoms with Crippen LogP contribution in [0.1, 0.15) is 43.3 Å². The van der Waals surface area contributed by atoms with E-state index in [9.17, 15) is 8.78 Å². The molecule has 178 valence electrons. The number of alkyl halides is 2. The van der Waals surface area contributed by atoms with Crippen molar-refractivity contribution in [2.24, 2.45) is 10.9 Å². The molecule has 2 fully saturated rings. The summed E-state index contributed by atoms with van der Waals surface area (Å²) in [6.07, 6.45) is 2.89. The van der Waals surface area contributed by atoms with Gasteiger partial charge in [0.05, 0.1) is 17.2 Å². The summed E-state index contributed by atoms with van der Waals surface area (Å²) in [7, 11) is 1.79. The molecule has 2 aliphatic rings. The fourth-order valence-corrected chi connectivity index (χ4v) is 4.98. The highest BCUT2D eigenvalue weighted by atomic mass is 127. The van der Waals surface area contributed by atoms with E-state index in [1.54, 1.807) is 18.4 Å². The van der Waals surface area contributed by atoms with Gasteiger partial charge < -0.3 is 10.6 Å². The van der Waals surface area contributed by atoms with E-state index in [0.29, 0.717) is 12.0 Å². The molecule has 6 nitrogen and oxygen atoms in total. The summed E-state index contributed by atoms with van der Waals surface area (Å²) in [4.78, 5) is 13.4. The Labute approximate surface area is 206 Å². The van der Waals surface area contributed by atoms with Gasteiger partial charge in [-0.05, 0) is 51.1 Å². The van der Waals surface area contributed by atoms with E-state index in [1.807, 2.05) is 4.90 Å². The molecule has 0 radical (unpaired) electrons. The van der Waals surface area contributed by atoms with Crippen molar-refractivity contribution >= 4 is 41.3 Å². The molecule has 1 aromatic heterocycles. The molecule has 10 heteroatoms. The van der Waals surface area contributed by atoms with Crippen molar-refractivity contribution in [3.8, 4) is 0 Å². The number of hydrogen-bond acceptors (Lipinski definition) is 5. The van der Waals surface area contributed by atoms with Gasteiger partial charge in [0.25, 0.3) is 6.43 Å². The molecule has 0 saturated carbocycles. The predicted octanol–water partition coefficient (Wildman–Crippen LogP) is 3.43. The lowest BCUT2D eigenvalue weighted by molar-refractivity contribution is 0.0744. The summed E-state index contributed by atoms with van der Waals surface area (Å²) in [5.41, 5.74) is 1.21. The molecule has 0 unspecified atom stereocenters. The molecule has 31 heavy (non-hydrogen) atoms. The molecule has 2 saturated heterocycles. The fourth-order valence-electron chi connectivity index (χ4n) is 4.25. The lowest BCUT2D eigenvalue weighted by atomic mass is 9.97. The van der Waals surface area contributed by atoms with Crippen LogP contribution in [0.15, 0.2) is 10.4 Å². The Balaban J connectivity index is 0.00000341. The Morgan fingerprint density at radius 3 is 2.45 bits per heavy atom. The first-order valence-electron chi connectivity index (χ1n) is 11.2. The van der Waals surface area contributed by atoms with E-state index >= 15 is 0 Å². The zero-order valence-corrected chi connectivity index (χ0v) is 21.8. The molecule has 0 atom stereocenters. The van der Waals surface area contributed by atoms with Crippen LogP contribution < -0.4 is 10.6 Å². The summed E-state index contributed by atoms with van der Waals surface area (Å²) < 4.78 is 25.0. The average molecular weight is 571 g/mol. The third-order valence-corrected chi connectivity index (χ3v) is 7.14. The number of nitrogens with one attached hydrogen (secondary N) is 2. The molecular weight excluding hydrogens is 533 g/mol. The summed E-state index contributed by atoms with van der Waals surface area (Å²) >= 11 is 1.77. The van der Waals surface area contributed by atoms with E-state index in [0.717, 1.165) is 64.5 Å². The molecule has 0 bridgehead atoms. The molecule has 3 heterocycles. The van der Waals surface area contributed by atoms with E-state index < -0.39 is 6.43 Å². The van der Waals surface area contributed by atoms with Crippen LogP contribution in [0.2, 0.25) is 0 Å². The SMILES string of the molecule is CCc1nc(CN2CCC(CNC(=NC)NC3CCN(CC(F)F)CC3)CC2)cs1.I. The van der Waals surface area contributed by atoms with Crippen molar-refractivity contribution < 1.29 is 8.78 Å². The standard InChI is InChI=1S/C21H36F2N6S.HI/c1-3-20-26-18(15-30-20)13-28-8-4-16(5-9-28)12-25-21(24-2)27-17-6-10-29(11-7-17)14-19(22)23;/h15-17,19H,3-14H2,1-2H3,(H2,24,25,27);1H. The number of guanidine groups is 1. The Hall–Kier alpha value is -0.590. The van der Waals surface area contributed by atoms with E-state index in [1.165, 1.54) is 23.5 Å². The van der Waals surface area contributed by atoms with Gasteiger partial charge in [0.2, 0.25) is 0 Å². The highest BCUT2D eigenvalue weighted by Crippen LogP contribution is 2.20. The lowest BCUT2D eigenvalue weighted by Gasteiger charge is -2.34. The second-order valence-corrected chi connectivity index (χ2v) is 9.31. The first-order chi connectivity index (χ1) is 14.6. The molecule has 0 amide bonds. The molecular formula is C21H37F2IN6S. The maximum Gasteiger partial charge on any atom is 0.251 e. The van der Waals surface area contributed by atoms with Gasteiger partial charge in [-0.3, -0.25) is 14.8 Å². The average Bonchev–Trinajstić information content (AvgIpc) is 3.20. The number of aromatic nitrogens is 1. The monoisotopic (exact) mass is 570 g/mol. The molecule has 2 aliphatic heterocycles. The topological polar surface area (TPSA) is 55.8 Å². The van der Waals surface area contributed by atoms with E-state index in [4.69, 9.17) is 0 Å². The Kier molecular flexibility index (Phi) is 11.9. The minimum Gasteiger partial charge on any atom is -0.356 e. The highest BCUT2D eigenvalue weighted by Gasteiger charge is 2.23. The van der Waals surface area contributed by atoms with Gasteiger partial charge in [-0.15, -0.1) is 35.3 Å². The van der Waals surface area contributed by atoms with Gasteiger partial charge in [0.15, 0.2) is 5.96 Å². The van der Waals surface area contributed by atoms with Crippen LogP contribution in [0.4, 0.5) is 8.78 Å². The number of likely N-dealkylation sites (tertiary alicyclic amines) is 2. The van der Waals surface area contributed by atoms with Crippen LogP contribution in [-0.2, 0) is 13.0 Å². The van der Waals surface area contributed by atoms with Crippen molar-refractivity contribution in [2.75, 3.05) is 46.3 Å². The molecule has 2 N–H and O–H groups in total. The predicted molar refractivity (Wildman–Crippen MR) is 135 cm³/mol. The number of thiazole rings is 1. The second-order valence-electron chi connectivity index (χ2n) is 8.37. The first-order valence-corrected chi connectivity index (χ1v) is 12.1. The normalized spacial score (nSPS) is 20.1. The molecule has 3 rings (SSSR count). The van der Waals surface area contributed by atoms with Gasteiger partial charge in [-0.1, -0.05) is 6.92 Å². The smallest absolute Gasteiger partial charge is 0.251 e. The zero-order chi connectivity index (χ0) is 21.3. The van der Waals surface area contributed by atoms with Gasteiger partial charge in [-0.2, -0.15) is 0 Å². The van der Waals surface area contributed by atoms with Crippen LogP contribution in [0, 0.1) is 5.92 Å². The van der Waals surface area contributed by atoms with Crippen molar-refractivity contribution in [1.29, 1.82) is 0 Å². The summed E-state index contributed by atoms with van der Waals surface area (Å²) in [5.74, 6) is 1.48. The summed E-state index contributed by atoms with van der Waals surface area (Å²) in [6, 6.07) is 0.304. The number of aliphatic imine (C=N–C) groups is 1. The first kappa shape index (κ1) is 26.7. The quantitative estimate of drug-likeness (QED) is 0.285. The van der Waals surface area contributed by atoms with Crippen LogP contribution in [0.25, 0.3) is 0 Å². The van der Waals surface area contributed by atoms with Crippen molar-refractivity contribution in [1.82, 2.24) is 25.4 Å². The number of piperidine rings is 2. The van der Waals surface area contributed by atoms with Crippen molar-refractivity contribution in [3.05, 3.63) is 16.1 Å². The Bertz CT molecular complexity index is 658. The zero-order valence-electron chi connectivity index (χ0n) is 18.7. The number of hydrogen-bond donors (Lipinski definition) is 2. The minimum atomic E-state index is -2.24. The highest BCUT2D eigenvalue weighted by molar-refractivity contribution is 14.0. The van der Waals surface area contributed by atoms with E-state index in [2.05, 4.69) is 37.8 Å². The van der Waals surface area contributed by atoms with Crippen LogP contribution >= 0.6 is 35.3 Å². The second kappa shape index (κ2) is 13.8. The maximum atomic E-state index is 12.5. The van der Waals surface area contributed by atoms with Crippen LogP contribution in [-0.4, -0.2) is 79.5 Å². The van der Waals surface area contributed by atoms with Gasteiger partial charge in [-0.25, -0.2) is 13.8 Å². The number of aryl methyl sites for hydroxylation is 1. The number of nitrogens with zero attached hydrogens (tertiary/aromatic N) is 4. The largest absolute Gasteiger partial charge is 0.356 e. The van der Waals surface area contributed by atoms with Crippen LogP contribution in [0.5, 0.6) is 0 Å². The van der Waals surface area contributed by atoms with Gasteiger partial charge >= 0.3 is 0 Å². The minimum absolute atomic E-state index is 0. The number of rotatable bonds is 8. The third-order valence-electron chi connectivity index (χ3n) is 6.10. The number of halogens is 3. The molecule has 0 spiro atoms. The van der Waals surface area contributed by atoms with Crippen molar-refractivity contribution in [3.63, 3.8) is 0 Å². The summed E-state index contributed by atoms with van der Waals surface area (Å²) in [5, 5.41) is 10.4. The molecule has 0 aromatic carbocycles. The van der Waals surface area contributed by atoms with E-state index in [-0.39, 0.29) is 30.5 Å². The molecule has 0 aliphatic carbocycles. The summed E-state index contributed by atoms with van der Waals surface area (Å²) in [6.45, 7) is 7.59. The lowest BCUT2D eigenvalue weighted by Crippen LogP contribution is -2.50. The van der Waals surface area contributed by atoms with Crippen molar-refractivity contribution in [2.45, 2.75) is 58.0 Å². The Morgan fingerprint density at radius 1 is 1.19 bits per heavy atom. The van der Waals surface area contributed by atoms with Gasteiger partial charge in [0.1, 0.15) is 0 Å². The molecule has 1 aromatic rings. The fraction of sp³-hybridized carbons (Fsp3) is 0.810. The Morgan fingerprint density at radius 2 is 1.87 bits per heavy atom. The van der Waals surface area contributed by atoms with Crippen LogP contribution in [0.3, 0.4) is 0 Å². The maximum absolute atomic E-state index is 12.5. The van der Waals surface area contributed by atoms with Gasteiger partial charge in [0, 0.05) is 44.6 Å². The third kappa shape index (κ3) is 9.05.